The van der Waals surface area contributed by atoms with E-state index in [-0.39, 0.29) is 0 Å². The van der Waals surface area contributed by atoms with Crippen molar-refractivity contribution >= 4 is 5.69 Å². The molecule has 1 saturated heterocycles. The van der Waals surface area contributed by atoms with Crippen LogP contribution >= 0.6 is 0 Å². The van der Waals surface area contributed by atoms with Crippen molar-refractivity contribution in [3.05, 3.63) is 23.8 Å². The van der Waals surface area contributed by atoms with Crippen molar-refractivity contribution in [1.29, 1.82) is 5.26 Å². The first-order chi connectivity index (χ1) is 9.28. The van der Waals surface area contributed by atoms with Gasteiger partial charge in [0.25, 0.3) is 0 Å². The fourth-order valence-electron chi connectivity index (χ4n) is 2.57. The van der Waals surface area contributed by atoms with Crippen LogP contribution in [0, 0.1) is 11.3 Å². The molecule has 1 aromatic rings. The Balaban J connectivity index is 2.22. The lowest BCUT2D eigenvalue weighted by Gasteiger charge is -2.27. The molecule has 2 rings (SSSR count). The molecule has 1 aliphatic heterocycles. The van der Waals surface area contributed by atoms with Crippen molar-refractivity contribution < 1.29 is 4.74 Å². The maximum absolute atomic E-state index is 9.25. The summed E-state index contributed by atoms with van der Waals surface area (Å²) in [6.07, 6.45) is 2.45. The van der Waals surface area contributed by atoms with E-state index in [2.05, 4.69) is 23.2 Å². The SMILES string of the molecule is CCN(CC1CCCN1)c1cc(OC)ccc1C#N. The lowest BCUT2D eigenvalue weighted by Crippen LogP contribution is -2.37. The zero-order chi connectivity index (χ0) is 13.7. The Hall–Kier alpha value is -1.73. The summed E-state index contributed by atoms with van der Waals surface area (Å²) in [5.74, 6) is 0.798. The number of hydrogen-bond donors (Lipinski definition) is 1. The molecule has 1 atom stereocenters. The predicted octanol–water partition coefficient (Wildman–Crippen LogP) is 2.15. The zero-order valence-corrected chi connectivity index (χ0v) is 11.6. The number of methoxy groups -OCH3 is 1. The van der Waals surface area contributed by atoms with Crippen LogP contribution in [0.3, 0.4) is 0 Å². The van der Waals surface area contributed by atoms with Crippen molar-refractivity contribution in [2.45, 2.75) is 25.8 Å². The van der Waals surface area contributed by atoms with Gasteiger partial charge in [-0.2, -0.15) is 5.26 Å². The van der Waals surface area contributed by atoms with Gasteiger partial charge < -0.3 is 15.0 Å². The Labute approximate surface area is 115 Å². The molecule has 0 spiro atoms. The van der Waals surface area contributed by atoms with Gasteiger partial charge >= 0.3 is 0 Å². The summed E-state index contributed by atoms with van der Waals surface area (Å²) in [7, 11) is 1.65. The second kappa shape index (κ2) is 6.44. The average Bonchev–Trinajstić information content (AvgIpc) is 2.97. The number of nitrogens with one attached hydrogen (secondary N) is 1. The number of anilines is 1. The summed E-state index contributed by atoms with van der Waals surface area (Å²) in [6, 6.07) is 8.42. The minimum Gasteiger partial charge on any atom is -0.497 e. The second-order valence-electron chi connectivity index (χ2n) is 4.83. The highest BCUT2D eigenvalue weighted by Gasteiger charge is 2.19. The van der Waals surface area contributed by atoms with Crippen molar-refractivity contribution in [2.24, 2.45) is 0 Å². The number of hydrogen-bond acceptors (Lipinski definition) is 4. The summed E-state index contributed by atoms with van der Waals surface area (Å²) in [4.78, 5) is 2.25. The minimum atomic E-state index is 0.526. The third kappa shape index (κ3) is 3.18. The summed E-state index contributed by atoms with van der Waals surface area (Å²) in [5, 5.41) is 12.8. The van der Waals surface area contributed by atoms with Crippen LogP contribution in [0.15, 0.2) is 18.2 Å². The molecule has 0 aromatic heterocycles. The lowest BCUT2D eigenvalue weighted by atomic mass is 10.1. The maximum atomic E-state index is 9.25. The third-order valence-electron chi connectivity index (χ3n) is 3.65. The fraction of sp³-hybridized carbons (Fsp3) is 0.533. The van der Waals surface area contributed by atoms with Crippen LogP contribution < -0.4 is 15.0 Å². The molecule has 1 N–H and O–H groups in total. The van der Waals surface area contributed by atoms with Gasteiger partial charge in [0.1, 0.15) is 11.8 Å². The molecule has 1 aliphatic rings. The molecule has 4 heteroatoms. The quantitative estimate of drug-likeness (QED) is 0.880. The van der Waals surface area contributed by atoms with Crippen LogP contribution in [0.25, 0.3) is 0 Å². The number of benzene rings is 1. The van der Waals surface area contributed by atoms with E-state index in [1.54, 1.807) is 7.11 Å². The monoisotopic (exact) mass is 259 g/mol. The summed E-state index contributed by atoms with van der Waals surface area (Å²) in [6.45, 7) is 5.05. The van der Waals surface area contributed by atoms with E-state index in [1.165, 1.54) is 12.8 Å². The number of nitriles is 1. The van der Waals surface area contributed by atoms with Crippen molar-refractivity contribution in [2.75, 3.05) is 31.6 Å². The molecular formula is C15H21N3O. The highest BCUT2D eigenvalue weighted by Crippen LogP contribution is 2.26. The number of ether oxygens (including phenoxy) is 1. The Morgan fingerprint density at radius 1 is 1.53 bits per heavy atom. The topological polar surface area (TPSA) is 48.3 Å². The smallest absolute Gasteiger partial charge is 0.121 e. The third-order valence-corrected chi connectivity index (χ3v) is 3.65. The van der Waals surface area contributed by atoms with Gasteiger partial charge in [-0.3, -0.25) is 0 Å². The van der Waals surface area contributed by atoms with E-state index in [1.807, 2.05) is 18.2 Å². The van der Waals surface area contributed by atoms with Gasteiger partial charge in [-0.05, 0) is 38.4 Å². The van der Waals surface area contributed by atoms with Crippen LogP contribution in [0.2, 0.25) is 0 Å². The molecule has 0 bridgehead atoms. The Bertz CT molecular complexity index is 461. The first kappa shape index (κ1) is 13.7. The average molecular weight is 259 g/mol. The van der Waals surface area contributed by atoms with Gasteiger partial charge in [-0.15, -0.1) is 0 Å². The van der Waals surface area contributed by atoms with E-state index in [4.69, 9.17) is 4.74 Å². The van der Waals surface area contributed by atoms with E-state index in [0.717, 1.165) is 31.1 Å². The van der Waals surface area contributed by atoms with Crippen molar-refractivity contribution in [3.8, 4) is 11.8 Å². The maximum Gasteiger partial charge on any atom is 0.121 e. The molecule has 1 fully saturated rings. The van der Waals surface area contributed by atoms with E-state index in [9.17, 15) is 5.26 Å². The highest BCUT2D eigenvalue weighted by atomic mass is 16.5. The van der Waals surface area contributed by atoms with Crippen molar-refractivity contribution in [3.63, 3.8) is 0 Å². The number of likely N-dealkylation sites (N-methyl/N-ethyl adjacent to an activating group) is 1. The number of rotatable bonds is 5. The molecule has 19 heavy (non-hydrogen) atoms. The van der Waals surface area contributed by atoms with E-state index >= 15 is 0 Å². The van der Waals surface area contributed by atoms with E-state index < -0.39 is 0 Å². The molecule has 0 aliphatic carbocycles. The van der Waals surface area contributed by atoms with Gasteiger partial charge in [0.05, 0.1) is 18.4 Å². The van der Waals surface area contributed by atoms with Gasteiger partial charge in [0.2, 0.25) is 0 Å². The van der Waals surface area contributed by atoms with Crippen LogP contribution in [0.4, 0.5) is 5.69 Å². The van der Waals surface area contributed by atoms with E-state index in [0.29, 0.717) is 11.6 Å². The molecule has 1 aromatic carbocycles. The molecule has 0 saturated carbocycles. The molecule has 4 nitrogen and oxygen atoms in total. The highest BCUT2D eigenvalue weighted by molar-refractivity contribution is 5.62. The van der Waals surface area contributed by atoms with Crippen LogP contribution in [-0.4, -0.2) is 32.8 Å². The largest absolute Gasteiger partial charge is 0.497 e. The Kier molecular flexibility index (Phi) is 4.64. The Morgan fingerprint density at radius 2 is 2.37 bits per heavy atom. The second-order valence-corrected chi connectivity index (χ2v) is 4.83. The Morgan fingerprint density at radius 3 is 2.95 bits per heavy atom. The van der Waals surface area contributed by atoms with Gasteiger partial charge in [0, 0.05) is 25.2 Å². The normalized spacial score (nSPS) is 18.1. The predicted molar refractivity (Wildman–Crippen MR) is 76.6 cm³/mol. The molecule has 0 amide bonds. The van der Waals surface area contributed by atoms with Gasteiger partial charge in [-0.1, -0.05) is 0 Å². The summed E-state index contributed by atoms with van der Waals surface area (Å²) >= 11 is 0. The molecular weight excluding hydrogens is 238 g/mol. The van der Waals surface area contributed by atoms with Crippen LogP contribution in [0.5, 0.6) is 5.75 Å². The van der Waals surface area contributed by atoms with Crippen LogP contribution in [-0.2, 0) is 0 Å². The van der Waals surface area contributed by atoms with Crippen molar-refractivity contribution in [1.82, 2.24) is 5.32 Å². The standard InChI is InChI=1S/C15H21N3O/c1-3-18(11-13-5-4-8-17-13)15-9-14(19-2)7-6-12(15)10-16/h6-7,9,13,17H,3-5,8,11H2,1-2H3. The first-order valence-electron chi connectivity index (χ1n) is 6.85. The van der Waals surface area contributed by atoms with Gasteiger partial charge in [-0.25, -0.2) is 0 Å². The number of nitrogens with zero attached hydrogens (tertiary/aromatic N) is 2. The molecule has 0 radical (unpaired) electrons. The van der Waals surface area contributed by atoms with Crippen LogP contribution in [0.1, 0.15) is 25.3 Å². The molecule has 1 unspecified atom stereocenters. The first-order valence-corrected chi connectivity index (χ1v) is 6.85. The molecule has 1 heterocycles. The fourth-order valence-corrected chi connectivity index (χ4v) is 2.57. The minimum absolute atomic E-state index is 0.526. The zero-order valence-electron chi connectivity index (χ0n) is 11.6. The van der Waals surface area contributed by atoms with Gasteiger partial charge in [0.15, 0.2) is 0 Å². The summed E-state index contributed by atoms with van der Waals surface area (Å²) in [5.41, 5.74) is 1.68. The summed E-state index contributed by atoms with van der Waals surface area (Å²) < 4.78 is 5.27. The molecule has 102 valence electrons. The lowest BCUT2D eigenvalue weighted by molar-refractivity contribution is 0.414.